The molecule has 4 aromatic carbocycles. The summed E-state index contributed by atoms with van der Waals surface area (Å²) >= 11 is 0. The average molecular weight is 460 g/mol. The first-order chi connectivity index (χ1) is 11.4. The van der Waals surface area contributed by atoms with Crippen molar-refractivity contribution < 1.29 is 51.0 Å². The maximum Gasteiger partial charge on any atom is 4.00 e. The van der Waals surface area contributed by atoms with Crippen LogP contribution in [0.3, 0.4) is 0 Å². The number of nitrogens with zero attached hydrogens (tertiary/aromatic N) is 4. The van der Waals surface area contributed by atoms with Gasteiger partial charge in [0.2, 0.25) is 0 Å². The van der Waals surface area contributed by atoms with Gasteiger partial charge in [-0.25, -0.2) is 0 Å². The van der Waals surface area contributed by atoms with Gasteiger partial charge >= 0.3 is 26.2 Å². The summed E-state index contributed by atoms with van der Waals surface area (Å²) in [6.07, 6.45) is 1.43. The Kier molecular flexibility index (Phi) is 8.87. The van der Waals surface area contributed by atoms with Crippen molar-refractivity contribution in [1.82, 2.24) is 20.2 Å². The predicted octanol–water partition coefficient (Wildman–Crippen LogP) is -1.90. The van der Waals surface area contributed by atoms with Gasteiger partial charge in [-0.15, -0.1) is 81.0 Å². The van der Waals surface area contributed by atoms with E-state index in [0.29, 0.717) is 0 Å². The number of rotatable bonds is 1. The molecule has 0 unspecified atom stereocenters. The van der Waals surface area contributed by atoms with Crippen molar-refractivity contribution in [3.63, 3.8) is 0 Å². The van der Waals surface area contributed by atoms with E-state index in [0.717, 1.165) is 5.69 Å². The number of fused-ring (bicyclic) bond motifs is 2. The molecule has 0 aliphatic carbocycles. The Bertz CT molecular complexity index is 975. The van der Waals surface area contributed by atoms with E-state index in [1.165, 1.54) is 32.7 Å². The van der Waals surface area contributed by atoms with Crippen LogP contribution in [0.4, 0.5) is 0 Å². The SMILES string of the molecule is [Cl-].[Cl-].[Zr+4].c1ccc2[cH-]c(-n3ncnn3)cc2c1.c1ccc2[cH-]ccc2c1. The fourth-order valence-electron chi connectivity index (χ4n) is 2.60. The smallest absolute Gasteiger partial charge is 1.00 e. The number of benzene rings is 2. The maximum absolute atomic E-state index is 3.98. The molecule has 5 aromatic rings. The van der Waals surface area contributed by atoms with Crippen LogP contribution in [-0.4, -0.2) is 20.2 Å². The van der Waals surface area contributed by atoms with Crippen LogP contribution in [-0.2, 0) is 26.2 Å². The normalized spacial score (nSPS) is 9.38. The van der Waals surface area contributed by atoms with Gasteiger partial charge in [-0.05, 0) is 10.9 Å². The summed E-state index contributed by atoms with van der Waals surface area (Å²) in [4.78, 5) is 1.51. The molecule has 0 fully saturated rings. The zero-order valence-electron chi connectivity index (χ0n) is 13.6. The topological polar surface area (TPSA) is 43.6 Å². The molecule has 7 heteroatoms. The summed E-state index contributed by atoms with van der Waals surface area (Å²) in [5.74, 6) is 0. The summed E-state index contributed by atoms with van der Waals surface area (Å²) < 4.78 is 0. The van der Waals surface area contributed by atoms with Crippen molar-refractivity contribution in [3.05, 3.63) is 85.2 Å². The van der Waals surface area contributed by atoms with Gasteiger partial charge in [-0.1, -0.05) is 12.1 Å². The molecule has 0 saturated heterocycles. The fourth-order valence-corrected chi connectivity index (χ4v) is 2.60. The van der Waals surface area contributed by atoms with Crippen molar-refractivity contribution in [3.8, 4) is 5.69 Å². The molecule has 128 valence electrons. The summed E-state index contributed by atoms with van der Waals surface area (Å²) in [5, 5.41) is 16.5. The molecule has 4 nitrogen and oxygen atoms in total. The molecule has 0 radical (unpaired) electrons. The standard InChI is InChI=1S/C10H7N4.C9H7.2ClH.Zr/c1-2-4-9-6-10(5-8(9)3-1)14-12-7-11-13-14;1-2-5-9-7-3-6-8(9)4-1;;;/h1-7H;1-7H;2*1H;/q2*-1;;;+4/p-2. The van der Waals surface area contributed by atoms with Gasteiger partial charge in [0.15, 0.2) is 6.33 Å². The Hall–Kier alpha value is -1.81. The average Bonchev–Trinajstić information content (AvgIpc) is 3.33. The van der Waals surface area contributed by atoms with Gasteiger partial charge in [0.25, 0.3) is 0 Å². The minimum absolute atomic E-state index is 0. The second-order valence-corrected chi connectivity index (χ2v) is 5.22. The van der Waals surface area contributed by atoms with Crippen LogP contribution in [0.25, 0.3) is 27.2 Å². The molecule has 26 heavy (non-hydrogen) atoms. The van der Waals surface area contributed by atoms with Gasteiger partial charge in [0, 0.05) is 0 Å². The van der Waals surface area contributed by atoms with Gasteiger partial charge in [0.05, 0.1) is 0 Å². The van der Waals surface area contributed by atoms with Gasteiger partial charge in [0.1, 0.15) is 0 Å². The summed E-state index contributed by atoms with van der Waals surface area (Å²) in [6, 6.07) is 26.9. The minimum Gasteiger partial charge on any atom is -1.00 e. The van der Waals surface area contributed by atoms with E-state index < -0.39 is 0 Å². The molecule has 0 aliphatic heterocycles. The van der Waals surface area contributed by atoms with E-state index in [9.17, 15) is 0 Å². The number of aromatic nitrogens is 4. The van der Waals surface area contributed by atoms with Crippen molar-refractivity contribution in [1.29, 1.82) is 0 Å². The Morgan fingerprint density at radius 1 is 0.808 bits per heavy atom. The molecule has 0 atom stereocenters. The number of hydrogen-bond donors (Lipinski definition) is 0. The Morgan fingerprint density at radius 2 is 1.50 bits per heavy atom. The molecule has 1 heterocycles. The summed E-state index contributed by atoms with van der Waals surface area (Å²) in [7, 11) is 0. The molecular weight excluding hydrogens is 446 g/mol. The second-order valence-electron chi connectivity index (χ2n) is 5.22. The van der Waals surface area contributed by atoms with Gasteiger partial charge < -0.3 is 24.8 Å². The van der Waals surface area contributed by atoms with E-state index in [4.69, 9.17) is 0 Å². The third-order valence-corrected chi connectivity index (χ3v) is 3.73. The second kappa shape index (κ2) is 10.4. The van der Waals surface area contributed by atoms with Crippen LogP contribution in [0, 0.1) is 0 Å². The van der Waals surface area contributed by atoms with Crippen molar-refractivity contribution in [2.75, 3.05) is 0 Å². The zero-order chi connectivity index (χ0) is 15.5. The minimum atomic E-state index is 0. The third kappa shape index (κ3) is 4.88. The molecule has 0 N–H and O–H groups in total. The monoisotopic (exact) mass is 458 g/mol. The van der Waals surface area contributed by atoms with Crippen molar-refractivity contribution in [2.24, 2.45) is 0 Å². The summed E-state index contributed by atoms with van der Waals surface area (Å²) in [5.41, 5.74) is 0.948. The van der Waals surface area contributed by atoms with Crippen LogP contribution in [0.15, 0.2) is 85.2 Å². The molecule has 0 saturated carbocycles. The quantitative estimate of drug-likeness (QED) is 0.275. The maximum atomic E-state index is 3.98. The number of halogens is 2. The Balaban J connectivity index is 0.000000250. The molecule has 5 rings (SSSR count). The molecule has 1 aromatic heterocycles. The van der Waals surface area contributed by atoms with E-state index in [1.807, 2.05) is 24.3 Å². The van der Waals surface area contributed by atoms with Gasteiger partial charge in [-0.2, -0.15) is 22.3 Å². The molecule has 0 spiro atoms. The molecular formula is C19H14Cl2N4Zr. The van der Waals surface area contributed by atoms with Gasteiger partial charge in [-0.3, -0.25) is 0 Å². The van der Waals surface area contributed by atoms with E-state index in [2.05, 4.69) is 70.0 Å². The molecule has 0 aliphatic rings. The Labute approximate surface area is 182 Å². The molecule has 0 amide bonds. The van der Waals surface area contributed by atoms with Crippen LogP contribution in [0.5, 0.6) is 0 Å². The summed E-state index contributed by atoms with van der Waals surface area (Å²) in [6.45, 7) is 0. The van der Waals surface area contributed by atoms with Crippen molar-refractivity contribution in [2.45, 2.75) is 0 Å². The first-order valence-corrected chi connectivity index (χ1v) is 7.39. The van der Waals surface area contributed by atoms with Crippen molar-refractivity contribution >= 4 is 21.5 Å². The van der Waals surface area contributed by atoms with Crippen LogP contribution in [0.1, 0.15) is 0 Å². The van der Waals surface area contributed by atoms with E-state index in [1.54, 1.807) is 0 Å². The first-order valence-electron chi connectivity index (χ1n) is 7.39. The molecule has 0 bridgehead atoms. The number of hydrogen-bond acceptors (Lipinski definition) is 3. The largest absolute Gasteiger partial charge is 4.00 e. The van der Waals surface area contributed by atoms with Crippen LogP contribution in [0.2, 0.25) is 0 Å². The third-order valence-electron chi connectivity index (χ3n) is 3.73. The van der Waals surface area contributed by atoms with Crippen LogP contribution < -0.4 is 24.8 Å². The predicted molar refractivity (Wildman–Crippen MR) is 91.8 cm³/mol. The number of tetrazole rings is 1. The Morgan fingerprint density at radius 3 is 2.15 bits per heavy atom. The first kappa shape index (κ1) is 22.2. The van der Waals surface area contributed by atoms with E-state index in [-0.39, 0.29) is 51.0 Å². The van der Waals surface area contributed by atoms with E-state index >= 15 is 0 Å². The van der Waals surface area contributed by atoms with Crippen LogP contribution >= 0.6 is 0 Å². The fraction of sp³-hybridized carbons (Fsp3) is 0. The zero-order valence-corrected chi connectivity index (χ0v) is 17.6.